The molecular formula is C16H28N4O5. The second-order valence-electron chi connectivity index (χ2n) is 6.71. The molecule has 5 N–H and O–H groups in total. The molecule has 0 bridgehead atoms. The lowest BCUT2D eigenvalue weighted by atomic mass is 10.0. The van der Waals surface area contributed by atoms with Crippen LogP contribution in [0.2, 0.25) is 0 Å². The number of nitrogens with one attached hydrogen (secondary N) is 2. The largest absolute Gasteiger partial charge is 0.480 e. The summed E-state index contributed by atoms with van der Waals surface area (Å²) in [6.07, 6.45) is 1.43. The SMILES string of the molecule is CC(C)CC(NC(=O)CN)C(=O)NC(C)C(=O)N1CCCC1C(=O)O. The van der Waals surface area contributed by atoms with Crippen LogP contribution >= 0.6 is 0 Å². The lowest BCUT2D eigenvalue weighted by Crippen LogP contribution is -2.55. The summed E-state index contributed by atoms with van der Waals surface area (Å²) >= 11 is 0. The van der Waals surface area contributed by atoms with E-state index in [9.17, 15) is 19.2 Å². The van der Waals surface area contributed by atoms with Crippen molar-refractivity contribution in [2.45, 2.75) is 58.2 Å². The fourth-order valence-electron chi connectivity index (χ4n) is 2.87. The average Bonchev–Trinajstić information content (AvgIpc) is 3.02. The summed E-state index contributed by atoms with van der Waals surface area (Å²) in [7, 11) is 0. The standard InChI is InChI=1S/C16H28N4O5/c1-9(2)7-11(19-13(21)8-17)14(22)18-10(3)15(23)20-6-4-5-12(20)16(24)25/h9-12H,4-8,17H2,1-3H3,(H,18,22)(H,19,21)(H,24,25). The van der Waals surface area contributed by atoms with Gasteiger partial charge in [-0.3, -0.25) is 14.4 Å². The Balaban J connectivity index is 2.72. The first-order valence-electron chi connectivity index (χ1n) is 8.50. The van der Waals surface area contributed by atoms with Gasteiger partial charge in [0.2, 0.25) is 17.7 Å². The zero-order valence-electron chi connectivity index (χ0n) is 14.9. The van der Waals surface area contributed by atoms with Crippen LogP contribution in [-0.2, 0) is 19.2 Å². The predicted octanol–water partition coefficient (Wildman–Crippen LogP) is -0.944. The van der Waals surface area contributed by atoms with Crippen LogP contribution in [-0.4, -0.2) is 64.9 Å². The van der Waals surface area contributed by atoms with Gasteiger partial charge >= 0.3 is 5.97 Å². The maximum atomic E-state index is 12.5. The number of carbonyl (C=O) groups is 4. The van der Waals surface area contributed by atoms with Crippen LogP contribution < -0.4 is 16.4 Å². The van der Waals surface area contributed by atoms with Gasteiger partial charge in [0.25, 0.3) is 0 Å². The molecule has 0 aromatic heterocycles. The molecule has 1 fully saturated rings. The Labute approximate surface area is 147 Å². The molecule has 3 amide bonds. The first kappa shape index (κ1) is 20.9. The van der Waals surface area contributed by atoms with Crippen molar-refractivity contribution in [3.05, 3.63) is 0 Å². The maximum Gasteiger partial charge on any atom is 0.326 e. The predicted molar refractivity (Wildman–Crippen MR) is 90.4 cm³/mol. The first-order valence-corrected chi connectivity index (χ1v) is 8.50. The highest BCUT2D eigenvalue weighted by Crippen LogP contribution is 2.18. The molecule has 1 aliphatic rings. The highest BCUT2D eigenvalue weighted by atomic mass is 16.4. The number of carboxylic acid groups (broad SMARTS) is 1. The molecule has 1 rings (SSSR count). The van der Waals surface area contributed by atoms with Crippen LogP contribution in [0.3, 0.4) is 0 Å². The molecule has 142 valence electrons. The summed E-state index contributed by atoms with van der Waals surface area (Å²) in [5, 5.41) is 14.3. The number of hydrogen-bond acceptors (Lipinski definition) is 5. The van der Waals surface area contributed by atoms with Crippen molar-refractivity contribution < 1.29 is 24.3 Å². The molecule has 1 heterocycles. The van der Waals surface area contributed by atoms with Gasteiger partial charge in [-0.1, -0.05) is 13.8 Å². The number of aliphatic carboxylic acids is 1. The van der Waals surface area contributed by atoms with Gasteiger partial charge in [-0.2, -0.15) is 0 Å². The summed E-state index contributed by atoms with van der Waals surface area (Å²) in [6.45, 7) is 5.45. The van der Waals surface area contributed by atoms with Gasteiger partial charge in [-0.15, -0.1) is 0 Å². The van der Waals surface area contributed by atoms with Gasteiger partial charge in [-0.25, -0.2) is 4.79 Å². The molecule has 1 aliphatic heterocycles. The van der Waals surface area contributed by atoms with Crippen molar-refractivity contribution >= 4 is 23.7 Å². The molecule has 3 atom stereocenters. The Kier molecular flexibility index (Phi) is 7.82. The lowest BCUT2D eigenvalue weighted by Gasteiger charge is -2.27. The first-order chi connectivity index (χ1) is 11.7. The van der Waals surface area contributed by atoms with E-state index in [2.05, 4.69) is 10.6 Å². The third kappa shape index (κ3) is 6.00. The summed E-state index contributed by atoms with van der Waals surface area (Å²) in [5.74, 6) is -2.27. The van der Waals surface area contributed by atoms with E-state index < -0.39 is 41.8 Å². The molecule has 0 aliphatic carbocycles. The van der Waals surface area contributed by atoms with E-state index >= 15 is 0 Å². The van der Waals surface area contributed by atoms with Crippen LogP contribution in [0, 0.1) is 5.92 Å². The van der Waals surface area contributed by atoms with Gasteiger partial charge < -0.3 is 26.4 Å². The number of nitrogens with two attached hydrogens (primary N) is 1. The molecule has 0 radical (unpaired) electrons. The average molecular weight is 356 g/mol. The topological polar surface area (TPSA) is 142 Å². The van der Waals surface area contributed by atoms with Gasteiger partial charge in [0.05, 0.1) is 6.54 Å². The van der Waals surface area contributed by atoms with Crippen molar-refractivity contribution in [1.82, 2.24) is 15.5 Å². The minimum atomic E-state index is -1.04. The number of rotatable bonds is 8. The van der Waals surface area contributed by atoms with Gasteiger partial charge in [0.15, 0.2) is 0 Å². The quantitative estimate of drug-likeness (QED) is 0.442. The van der Waals surface area contributed by atoms with E-state index in [1.165, 1.54) is 11.8 Å². The van der Waals surface area contributed by atoms with Crippen molar-refractivity contribution in [2.24, 2.45) is 11.7 Å². The Morgan fingerprint density at radius 3 is 2.36 bits per heavy atom. The molecule has 9 nitrogen and oxygen atoms in total. The number of hydrogen-bond donors (Lipinski definition) is 4. The number of carboxylic acids is 1. The van der Waals surface area contributed by atoms with Crippen molar-refractivity contribution in [2.75, 3.05) is 13.1 Å². The highest BCUT2D eigenvalue weighted by Gasteiger charge is 2.36. The zero-order valence-corrected chi connectivity index (χ0v) is 14.9. The van der Waals surface area contributed by atoms with Crippen LogP contribution in [0.5, 0.6) is 0 Å². The van der Waals surface area contributed by atoms with Gasteiger partial charge in [0.1, 0.15) is 18.1 Å². The van der Waals surface area contributed by atoms with Crippen LogP contribution in [0.15, 0.2) is 0 Å². The zero-order chi connectivity index (χ0) is 19.1. The minimum Gasteiger partial charge on any atom is -0.480 e. The highest BCUT2D eigenvalue weighted by molar-refractivity contribution is 5.93. The van der Waals surface area contributed by atoms with E-state index in [1.807, 2.05) is 13.8 Å². The molecule has 0 saturated carbocycles. The Bertz CT molecular complexity index is 523. The van der Waals surface area contributed by atoms with E-state index in [4.69, 9.17) is 10.8 Å². The van der Waals surface area contributed by atoms with Crippen molar-refractivity contribution in [1.29, 1.82) is 0 Å². The van der Waals surface area contributed by atoms with Gasteiger partial charge in [-0.05, 0) is 32.1 Å². The van der Waals surface area contributed by atoms with Crippen LogP contribution in [0.1, 0.15) is 40.0 Å². The number of nitrogens with zero attached hydrogens (tertiary/aromatic N) is 1. The van der Waals surface area contributed by atoms with E-state index in [0.29, 0.717) is 25.8 Å². The van der Waals surface area contributed by atoms with E-state index in [0.717, 1.165) is 0 Å². The molecule has 9 heteroatoms. The Morgan fingerprint density at radius 2 is 1.84 bits per heavy atom. The summed E-state index contributed by atoms with van der Waals surface area (Å²) in [5.41, 5.74) is 5.27. The van der Waals surface area contributed by atoms with E-state index in [-0.39, 0.29) is 12.5 Å². The number of carbonyl (C=O) groups excluding carboxylic acids is 3. The second kappa shape index (κ2) is 9.36. The van der Waals surface area contributed by atoms with E-state index in [1.54, 1.807) is 0 Å². The fraction of sp³-hybridized carbons (Fsp3) is 0.750. The third-order valence-corrected chi connectivity index (χ3v) is 4.09. The Hall–Kier alpha value is -2.16. The normalized spacial score (nSPS) is 19.4. The molecule has 25 heavy (non-hydrogen) atoms. The summed E-state index contributed by atoms with van der Waals surface area (Å²) in [4.78, 5) is 48.9. The Morgan fingerprint density at radius 1 is 1.20 bits per heavy atom. The maximum absolute atomic E-state index is 12.5. The van der Waals surface area contributed by atoms with Crippen LogP contribution in [0.4, 0.5) is 0 Å². The molecule has 3 unspecified atom stereocenters. The smallest absolute Gasteiger partial charge is 0.326 e. The molecule has 0 spiro atoms. The summed E-state index contributed by atoms with van der Waals surface area (Å²) in [6, 6.07) is -2.52. The minimum absolute atomic E-state index is 0.148. The molecule has 0 aromatic carbocycles. The fourth-order valence-corrected chi connectivity index (χ4v) is 2.87. The third-order valence-electron chi connectivity index (χ3n) is 4.09. The van der Waals surface area contributed by atoms with Gasteiger partial charge in [0, 0.05) is 6.54 Å². The molecule has 0 aromatic rings. The van der Waals surface area contributed by atoms with Crippen molar-refractivity contribution in [3.8, 4) is 0 Å². The summed E-state index contributed by atoms with van der Waals surface area (Å²) < 4.78 is 0. The monoisotopic (exact) mass is 356 g/mol. The second-order valence-corrected chi connectivity index (χ2v) is 6.71. The molecule has 1 saturated heterocycles. The number of likely N-dealkylation sites (tertiary alicyclic amines) is 1. The van der Waals surface area contributed by atoms with Crippen molar-refractivity contribution in [3.63, 3.8) is 0 Å². The molecular weight excluding hydrogens is 328 g/mol. The van der Waals surface area contributed by atoms with Crippen LogP contribution in [0.25, 0.3) is 0 Å². The lowest BCUT2D eigenvalue weighted by molar-refractivity contribution is -0.149. The number of amides is 3.